The van der Waals surface area contributed by atoms with Crippen LogP contribution < -0.4 is 15.8 Å². The number of carbonyl (C=O) groups excluding carboxylic acids is 1. The van der Waals surface area contributed by atoms with Crippen LogP contribution in [0.25, 0.3) is 0 Å². The van der Waals surface area contributed by atoms with Gasteiger partial charge in [0, 0.05) is 33.7 Å². The van der Waals surface area contributed by atoms with Gasteiger partial charge in [-0.3, -0.25) is 0 Å². The number of nitrogens with one attached hydrogen (secondary N) is 2. The number of nitriles is 1. The van der Waals surface area contributed by atoms with Gasteiger partial charge in [-0.15, -0.1) is 0 Å². The number of hydrogen-bond donors (Lipinski definition) is 2. The molecule has 1 heterocycles. The van der Waals surface area contributed by atoms with E-state index in [4.69, 9.17) is 34.8 Å². The molecule has 0 bridgehead atoms. The molecule has 2 N–H and O–H groups in total. The molecule has 3 rings (SSSR count). The fourth-order valence-corrected chi connectivity index (χ4v) is 3.45. The molecule has 2 aromatic rings. The summed E-state index contributed by atoms with van der Waals surface area (Å²) in [6.07, 6.45) is 0. The van der Waals surface area contributed by atoms with Crippen molar-refractivity contribution in [2.24, 2.45) is 0 Å². The Balaban J connectivity index is 2.00. The Labute approximate surface area is 160 Å². The molecule has 8 heteroatoms. The second-order valence-electron chi connectivity index (χ2n) is 5.41. The zero-order valence-electron chi connectivity index (χ0n) is 12.9. The lowest BCUT2D eigenvalue weighted by Gasteiger charge is -2.29. The van der Waals surface area contributed by atoms with E-state index >= 15 is 0 Å². The van der Waals surface area contributed by atoms with Gasteiger partial charge in [0.05, 0.1) is 17.7 Å². The molecule has 2 amide bonds. The summed E-state index contributed by atoms with van der Waals surface area (Å²) < 4.78 is 0. The number of halogens is 3. The number of carbonyl (C=O) groups is 1. The quantitative estimate of drug-likeness (QED) is 0.812. The minimum Gasteiger partial charge on any atom is -0.335 e. The van der Waals surface area contributed by atoms with E-state index < -0.39 is 5.92 Å². The average molecular weight is 396 g/mol. The Kier molecular flexibility index (Phi) is 5.36. The third-order valence-corrected chi connectivity index (χ3v) is 4.69. The van der Waals surface area contributed by atoms with Gasteiger partial charge in [0.15, 0.2) is 0 Å². The van der Waals surface area contributed by atoms with Gasteiger partial charge in [0.2, 0.25) is 0 Å². The Bertz CT molecular complexity index is 825. The van der Waals surface area contributed by atoms with Gasteiger partial charge in [-0.2, -0.15) is 5.26 Å². The molecule has 0 aromatic heterocycles. The normalized spacial score (nSPS) is 15.4. The van der Waals surface area contributed by atoms with Gasteiger partial charge in [0.1, 0.15) is 0 Å². The number of hydrazine groups is 1. The van der Waals surface area contributed by atoms with Crippen molar-refractivity contribution >= 4 is 46.5 Å². The number of rotatable bonds is 3. The van der Waals surface area contributed by atoms with E-state index in [-0.39, 0.29) is 6.03 Å². The first kappa shape index (κ1) is 17.8. The largest absolute Gasteiger partial charge is 0.336 e. The zero-order chi connectivity index (χ0) is 18.0. The average Bonchev–Trinajstić information content (AvgIpc) is 2.59. The van der Waals surface area contributed by atoms with E-state index in [0.29, 0.717) is 39.4 Å². The summed E-state index contributed by atoms with van der Waals surface area (Å²) >= 11 is 18.7. The van der Waals surface area contributed by atoms with Crippen molar-refractivity contribution < 1.29 is 4.79 Å². The van der Waals surface area contributed by atoms with Crippen molar-refractivity contribution in [3.8, 4) is 6.07 Å². The summed E-state index contributed by atoms with van der Waals surface area (Å²) in [6.45, 7) is 1.14. The minimum absolute atomic E-state index is 0.291. The summed E-state index contributed by atoms with van der Waals surface area (Å²) in [4.78, 5) is 11.9. The van der Waals surface area contributed by atoms with Crippen LogP contribution in [0, 0.1) is 11.3 Å². The summed E-state index contributed by atoms with van der Waals surface area (Å²) in [5.74, 6) is -0.644. The molecule has 0 aliphatic carbocycles. The summed E-state index contributed by atoms with van der Waals surface area (Å²) in [5, 5.41) is 14.9. The van der Waals surface area contributed by atoms with Crippen LogP contribution in [0.5, 0.6) is 0 Å². The number of anilines is 1. The van der Waals surface area contributed by atoms with Crippen LogP contribution in [0.4, 0.5) is 10.5 Å². The predicted molar refractivity (Wildman–Crippen MR) is 99.3 cm³/mol. The summed E-state index contributed by atoms with van der Waals surface area (Å²) in [6, 6.07) is 12.1. The van der Waals surface area contributed by atoms with Gasteiger partial charge in [0.25, 0.3) is 0 Å². The third kappa shape index (κ3) is 3.68. The van der Waals surface area contributed by atoms with Crippen molar-refractivity contribution in [3.05, 3.63) is 62.6 Å². The van der Waals surface area contributed by atoms with Crippen LogP contribution in [0.3, 0.4) is 0 Å². The summed E-state index contributed by atoms with van der Waals surface area (Å²) in [5.41, 5.74) is 4.70. The van der Waals surface area contributed by atoms with Crippen molar-refractivity contribution in [1.29, 1.82) is 5.26 Å². The Morgan fingerprint density at radius 2 is 1.72 bits per heavy atom. The predicted octanol–water partition coefficient (Wildman–Crippen LogP) is 4.34. The molecule has 2 aromatic carbocycles. The van der Waals surface area contributed by atoms with Crippen molar-refractivity contribution in [2.45, 2.75) is 5.92 Å². The molecule has 0 radical (unpaired) electrons. The molecule has 1 aliphatic heterocycles. The molecule has 1 saturated heterocycles. The molecular weight excluding hydrogens is 383 g/mol. The highest BCUT2D eigenvalue weighted by Crippen LogP contribution is 2.38. The SMILES string of the molecule is N#CC(c1ccc(Cl)cc1)c1c(Cl)cc(N2NCCNC2=O)cc1Cl. The minimum atomic E-state index is -0.644. The van der Waals surface area contributed by atoms with Crippen LogP contribution in [0.15, 0.2) is 36.4 Å². The fourth-order valence-electron chi connectivity index (χ4n) is 2.63. The molecule has 128 valence electrons. The van der Waals surface area contributed by atoms with Crippen LogP contribution in [0.1, 0.15) is 17.0 Å². The van der Waals surface area contributed by atoms with E-state index in [1.54, 1.807) is 36.4 Å². The van der Waals surface area contributed by atoms with Crippen molar-refractivity contribution in [3.63, 3.8) is 0 Å². The Hall–Kier alpha value is -1.97. The first-order valence-corrected chi connectivity index (χ1v) is 8.60. The van der Waals surface area contributed by atoms with E-state index in [9.17, 15) is 10.1 Å². The second kappa shape index (κ2) is 7.51. The molecule has 5 nitrogen and oxygen atoms in total. The zero-order valence-corrected chi connectivity index (χ0v) is 15.2. The summed E-state index contributed by atoms with van der Waals surface area (Å²) in [7, 11) is 0. The van der Waals surface area contributed by atoms with Gasteiger partial charge < -0.3 is 5.32 Å². The number of benzene rings is 2. The maximum Gasteiger partial charge on any atom is 0.336 e. The van der Waals surface area contributed by atoms with E-state index in [0.717, 1.165) is 5.56 Å². The number of nitrogens with zero attached hydrogens (tertiary/aromatic N) is 2. The van der Waals surface area contributed by atoms with Crippen molar-refractivity contribution in [2.75, 3.05) is 18.1 Å². The lowest BCUT2D eigenvalue weighted by molar-refractivity contribution is 0.239. The van der Waals surface area contributed by atoms with E-state index in [1.165, 1.54) is 5.01 Å². The van der Waals surface area contributed by atoms with Gasteiger partial charge >= 0.3 is 6.03 Å². The lowest BCUT2D eigenvalue weighted by Crippen LogP contribution is -2.56. The van der Waals surface area contributed by atoms with Gasteiger partial charge in [-0.25, -0.2) is 15.2 Å². The molecule has 1 fully saturated rings. The highest BCUT2D eigenvalue weighted by molar-refractivity contribution is 6.36. The van der Waals surface area contributed by atoms with Crippen LogP contribution in [-0.4, -0.2) is 19.1 Å². The standard InChI is InChI=1S/C17H13Cl3N4O/c18-11-3-1-10(2-4-11)13(9-21)16-14(19)7-12(8-15(16)20)24-17(25)22-5-6-23-24/h1-4,7-8,13,23H,5-6H2,(H,22,25). The topological polar surface area (TPSA) is 68.2 Å². The molecule has 0 spiro atoms. The van der Waals surface area contributed by atoms with Crippen molar-refractivity contribution in [1.82, 2.24) is 10.7 Å². The highest BCUT2D eigenvalue weighted by atomic mass is 35.5. The lowest BCUT2D eigenvalue weighted by atomic mass is 9.92. The number of amides is 2. The number of hydrogen-bond acceptors (Lipinski definition) is 3. The van der Waals surface area contributed by atoms with Crippen LogP contribution >= 0.6 is 34.8 Å². The second-order valence-corrected chi connectivity index (χ2v) is 6.66. The first-order valence-electron chi connectivity index (χ1n) is 7.46. The molecule has 1 aliphatic rings. The van der Waals surface area contributed by atoms with E-state index in [1.807, 2.05) is 0 Å². The number of urea groups is 1. The van der Waals surface area contributed by atoms with Gasteiger partial charge in [-0.05, 0) is 29.8 Å². The fraction of sp³-hybridized carbons (Fsp3) is 0.176. The smallest absolute Gasteiger partial charge is 0.335 e. The molecular formula is C17H13Cl3N4O. The Morgan fingerprint density at radius 3 is 2.28 bits per heavy atom. The third-order valence-electron chi connectivity index (χ3n) is 3.82. The first-order chi connectivity index (χ1) is 12.0. The van der Waals surface area contributed by atoms with Crippen LogP contribution in [-0.2, 0) is 0 Å². The molecule has 0 saturated carbocycles. The molecule has 1 unspecified atom stereocenters. The molecule has 25 heavy (non-hydrogen) atoms. The van der Waals surface area contributed by atoms with Crippen LogP contribution in [0.2, 0.25) is 15.1 Å². The van der Waals surface area contributed by atoms with E-state index in [2.05, 4.69) is 16.8 Å². The highest BCUT2D eigenvalue weighted by Gasteiger charge is 2.25. The monoisotopic (exact) mass is 394 g/mol. The maximum absolute atomic E-state index is 11.9. The Morgan fingerprint density at radius 1 is 1.08 bits per heavy atom. The molecule has 1 atom stereocenters. The van der Waals surface area contributed by atoms with Gasteiger partial charge in [-0.1, -0.05) is 46.9 Å². The maximum atomic E-state index is 11.9.